The lowest BCUT2D eigenvalue weighted by Gasteiger charge is -2.07. The maximum absolute atomic E-state index is 2.21. The van der Waals surface area contributed by atoms with Crippen LogP contribution in [-0.4, -0.2) is 0 Å². The lowest BCUT2D eigenvalue weighted by Crippen LogP contribution is -1.80. The number of hydrogen-bond donors (Lipinski definition) is 0. The normalized spacial score (nSPS) is 9.82. The molecule has 4 rings (SSSR count). The van der Waals surface area contributed by atoms with Crippen LogP contribution in [0.2, 0.25) is 0 Å². The highest BCUT2D eigenvalue weighted by Gasteiger charge is 2.03. The van der Waals surface area contributed by atoms with Crippen LogP contribution in [0.15, 0.2) is 72.8 Å². The number of fused-ring (bicyclic) bond motifs is 5. The molecule has 0 fully saturated rings. The molecule has 0 unspecified atom stereocenters. The predicted octanol–water partition coefficient (Wildman–Crippen LogP) is 7.20. The summed E-state index contributed by atoms with van der Waals surface area (Å²) in [6, 6.07) is 26.0. The number of benzene rings is 4. The molecule has 0 aromatic heterocycles. The minimum absolute atomic E-state index is 1.31. The Morgan fingerprint density at radius 2 is 0.773 bits per heavy atom. The van der Waals surface area contributed by atoms with E-state index in [9.17, 15) is 0 Å². The second-order valence-electron chi connectivity index (χ2n) is 4.67. The van der Waals surface area contributed by atoms with Crippen molar-refractivity contribution in [1.82, 2.24) is 0 Å². The van der Waals surface area contributed by atoms with Crippen molar-refractivity contribution in [2.75, 3.05) is 0 Å². The zero-order valence-corrected chi connectivity index (χ0v) is 13.9. The van der Waals surface area contributed by atoms with E-state index >= 15 is 0 Å². The third kappa shape index (κ3) is 2.82. The lowest BCUT2D eigenvalue weighted by atomic mass is 9.97. The first-order valence-corrected chi connectivity index (χ1v) is 8.23. The minimum Gasteiger partial charge on any atom is -0.0683 e. The molecule has 0 saturated carbocycles. The van der Waals surface area contributed by atoms with E-state index in [0.29, 0.717) is 0 Å². The van der Waals surface area contributed by atoms with Gasteiger partial charge in [-0.2, -0.15) is 0 Å². The van der Waals surface area contributed by atoms with Gasteiger partial charge in [0.1, 0.15) is 0 Å². The topological polar surface area (TPSA) is 0 Å². The fourth-order valence-electron chi connectivity index (χ4n) is 2.78. The van der Waals surface area contributed by atoms with E-state index in [-0.39, 0.29) is 0 Å². The Bertz CT molecular complexity index is 802. The molecule has 4 aromatic rings. The van der Waals surface area contributed by atoms with Crippen LogP contribution in [0.4, 0.5) is 0 Å². The first-order valence-electron chi connectivity index (χ1n) is 8.23. The molecule has 0 aliphatic carbocycles. The van der Waals surface area contributed by atoms with E-state index < -0.39 is 0 Å². The zero-order valence-electron chi connectivity index (χ0n) is 13.9. The summed E-state index contributed by atoms with van der Waals surface area (Å²) in [5.74, 6) is 0. The van der Waals surface area contributed by atoms with Crippen molar-refractivity contribution >= 4 is 32.3 Å². The molecular formula is C22H24. The highest BCUT2D eigenvalue weighted by molar-refractivity contribution is 6.20. The van der Waals surface area contributed by atoms with Crippen LogP contribution in [0.1, 0.15) is 27.7 Å². The fraction of sp³-hybridized carbons (Fsp3) is 0.182. The van der Waals surface area contributed by atoms with Crippen LogP contribution in [0, 0.1) is 0 Å². The monoisotopic (exact) mass is 288 g/mol. The first-order chi connectivity index (χ1) is 10.9. The summed E-state index contributed by atoms with van der Waals surface area (Å²) in [4.78, 5) is 0. The van der Waals surface area contributed by atoms with Crippen LogP contribution in [0.3, 0.4) is 0 Å². The molecule has 4 aromatic carbocycles. The van der Waals surface area contributed by atoms with Gasteiger partial charge < -0.3 is 0 Å². The summed E-state index contributed by atoms with van der Waals surface area (Å²) in [5, 5.41) is 7.97. The van der Waals surface area contributed by atoms with Gasteiger partial charge >= 0.3 is 0 Å². The van der Waals surface area contributed by atoms with Gasteiger partial charge in [0.25, 0.3) is 0 Å². The third-order valence-corrected chi connectivity index (χ3v) is 3.63. The summed E-state index contributed by atoms with van der Waals surface area (Å²) >= 11 is 0. The average molecular weight is 288 g/mol. The van der Waals surface area contributed by atoms with Gasteiger partial charge in [0.15, 0.2) is 0 Å². The van der Waals surface area contributed by atoms with Gasteiger partial charge in [-0.3, -0.25) is 0 Å². The van der Waals surface area contributed by atoms with Crippen LogP contribution in [0.25, 0.3) is 32.3 Å². The van der Waals surface area contributed by atoms with Gasteiger partial charge in [0.2, 0.25) is 0 Å². The standard InChI is InChI=1S/C18H12.2C2H6/c1-3-7-16-13(5-1)9-11-15-12-10-14-6-2-4-8-17(14)18(15)16;2*1-2/h1-12H;2*1-2H3. The van der Waals surface area contributed by atoms with E-state index in [0.717, 1.165) is 0 Å². The van der Waals surface area contributed by atoms with Gasteiger partial charge in [-0.05, 0) is 32.3 Å². The molecule has 0 atom stereocenters. The Kier molecular flexibility index (Phi) is 5.55. The van der Waals surface area contributed by atoms with Crippen molar-refractivity contribution in [1.29, 1.82) is 0 Å². The fourth-order valence-corrected chi connectivity index (χ4v) is 2.78. The summed E-state index contributed by atoms with van der Waals surface area (Å²) in [7, 11) is 0. The molecule has 0 aliphatic rings. The van der Waals surface area contributed by atoms with Gasteiger partial charge in [0.05, 0.1) is 0 Å². The van der Waals surface area contributed by atoms with Gasteiger partial charge in [-0.15, -0.1) is 0 Å². The molecule has 112 valence electrons. The van der Waals surface area contributed by atoms with Gasteiger partial charge in [-0.25, -0.2) is 0 Å². The van der Waals surface area contributed by atoms with Crippen LogP contribution >= 0.6 is 0 Å². The van der Waals surface area contributed by atoms with Crippen molar-refractivity contribution in [3.63, 3.8) is 0 Å². The SMILES string of the molecule is CC.CC.c1ccc2c(c1)ccc1ccc3ccccc3c12. The molecule has 22 heavy (non-hydrogen) atoms. The molecule has 0 amide bonds. The average Bonchev–Trinajstić information content (AvgIpc) is 2.64. The Balaban J connectivity index is 0.000000410. The second kappa shape index (κ2) is 7.61. The smallest absolute Gasteiger partial charge is 0.00268 e. The van der Waals surface area contributed by atoms with E-state index in [1.165, 1.54) is 32.3 Å². The van der Waals surface area contributed by atoms with Crippen molar-refractivity contribution in [2.45, 2.75) is 27.7 Å². The van der Waals surface area contributed by atoms with Crippen molar-refractivity contribution in [3.8, 4) is 0 Å². The minimum atomic E-state index is 1.31. The Morgan fingerprint density at radius 1 is 0.409 bits per heavy atom. The molecule has 0 aliphatic heterocycles. The highest BCUT2D eigenvalue weighted by Crippen LogP contribution is 2.31. The molecule has 0 spiro atoms. The van der Waals surface area contributed by atoms with Crippen molar-refractivity contribution in [2.24, 2.45) is 0 Å². The van der Waals surface area contributed by atoms with Gasteiger partial charge in [-0.1, -0.05) is 100 Å². The van der Waals surface area contributed by atoms with E-state index in [1.807, 2.05) is 27.7 Å². The molecule has 0 N–H and O–H groups in total. The highest BCUT2D eigenvalue weighted by atomic mass is 14.1. The molecule has 0 bridgehead atoms. The second-order valence-corrected chi connectivity index (χ2v) is 4.67. The quantitative estimate of drug-likeness (QED) is 0.300. The zero-order chi connectivity index (χ0) is 15.9. The molecule has 0 heterocycles. The Morgan fingerprint density at radius 3 is 1.23 bits per heavy atom. The van der Waals surface area contributed by atoms with E-state index in [4.69, 9.17) is 0 Å². The molecule has 0 saturated heterocycles. The lowest BCUT2D eigenvalue weighted by molar-refractivity contribution is 1.50. The number of hydrogen-bond acceptors (Lipinski definition) is 0. The summed E-state index contributed by atoms with van der Waals surface area (Å²) in [6.07, 6.45) is 0. The van der Waals surface area contributed by atoms with E-state index in [2.05, 4.69) is 72.8 Å². The maximum Gasteiger partial charge on any atom is -0.00268 e. The number of rotatable bonds is 0. The van der Waals surface area contributed by atoms with Crippen LogP contribution in [-0.2, 0) is 0 Å². The summed E-state index contributed by atoms with van der Waals surface area (Å²) in [6.45, 7) is 8.00. The predicted molar refractivity (Wildman–Crippen MR) is 102 cm³/mol. The molecule has 0 nitrogen and oxygen atoms in total. The Hall–Kier alpha value is -2.34. The summed E-state index contributed by atoms with van der Waals surface area (Å²) < 4.78 is 0. The maximum atomic E-state index is 2.21. The Labute approximate surface area is 133 Å². The summed E-state index contributed by atoms with van der Waals surface area (Å²) in [5.41, 5.74) is 0. The molecule has 0 heteroatoms. The van der Waals surface area contributed by atoms with Crippen LogP contribution < -0.4 is 0 Å². The van der Waals surface area contributed by atoms with Crippen molar-refractivity contribution in [3.05, 3.63) is 72.8 Å². The third-order valence-electron chi connectivity index (χ3n) is 3.63. The molecular weight excluding hydrogens is 264 g/mol. The van der Waals surface area contributed by atoms with Gasteiger partial charge in [0, 0.05) is 0 Å². The van der Waals surface area contributed by atoms with Crippen molar-refractivity contribution < 1.29 is 0 Å². The first kappa shape index (κ1) is 16.0. The van der Waals surface area contributed by atoms with E-state index in [1.54, 1.807) is 0 Å². The van der Waals surface area contributed by atoms with Crippen LogP contribution in [0.5, 0.6) is 0 Å². The molecule has 0 radical (unpaired) electrons. The largest absolute Gasteiger partial charge is 0.0683 e.